The highest BCUT2D eigenvalue weighted by atomic mass is 32.2. The fourth-order valence-corrected chi connectivity index (χ4v) is 6.52. The Morgan fingerprint density at radius 2 is 2.03 bits per heavy atom. The first-order valence-corrected chi connectivity index (χ1v) is 12.9. The zero-order valence-electron chi connectivity index (χ0n) is 18.4. The minimum Gasteiger partial charge on any atom is -0.360 e. The van der Waals surface area contributed by atoms with Gasteiger partial charge in [-0.1, -0.05) is 23.0 Å². The average molecular weight is 497 g/mol. The largest absolute Gasteiger partial charge is 0.360 e. The first kappa shape index (κ1) is 21.9. The van der Waals surface area contributed by atoms with Gasteiger partial charge in [0.2, 0.25) is 0 Å². The van der Waals surface area contributed by atoms with Gasteiger partial charge in [0.1, 0.15) is 10.6 Å². The van der Waals surface area contributed by atoms with E-state index in [2.05, 4.69) is 5.16 Å². The number of carbonyl (C=O) groups is 1. The van der Waals surface area contributed by atoms with Gasteiger partial charge in [-0.05, 0) is 38.3 Å². The van der Waals surface area contributed by atoms with Crippen LogP contribution in [0, 0.1) is 20.8 Å². The van der Waals surface area contributed by atoms with Gasteiger partial charge >= 0.3 is 0 Å². The van der Waals surface area contributed by atoms with Crippen molar-refractivity contribution in [2.45, 2.75) is 25.9 Å². The number of aromatic nitrogens is 4. The molecule has 5 aromatic rings. The summed E-state index contributed by atoms with van der Waals surface area (Å²) in [5.74, 6) is 1.51. The highest BCUT2D eigenvalue weighted by Crippen LogP contribution is 2.34. The maximum atomic E-state index is 13.1. The summed E-state index contributed by atoms with van der Waals surface area (Å²) in [4.78, 5) is 32.6. The molecule has 168 valence electrons. The highest BCUT2D eigenvalue weighted by Gasteiger charge is 2.21. The van der Waals surface area contributed by atoms with Gasteiger partial charge in [-0.15, -0.1) is 22.7 Å². The molecule has 0 unspecified atom stereocenters. The van der Waals surface area contributed by atoms with Crippen LogP contribution >= 0.6 is 34.4 Å². The Hall–Kier alpha value is -2.95. The smallest absolute Gasteiger partial charge is 0.263 e. The third kappa shape index (κ3) is 3.77. The number of ketones is 1. The van der Waals surface area contributed by atoms with Gasteiger partial charge in [0.15, 0.2) is 16.8 Å². The van der Waals surface area contributed by atoms with Crippen molar-refractivity contribution in [1.82, 2.24) is 19.3 Å². The number of thioether (sulfide) groups is 1. The number of fused-ring (bicyclic) bond motifs is 1. The minimum absolute atomic E-state index is 0.0284. The molecule has 0 atom stereocenters. The number of carbonyl (C=O) groups excluding carboxylic acids is 1. The Bertz CT molecular complexity index is 1550. The normalized spacial score (nSPS) is 11.5. The summed E-state index contributed by atoms with van der Waals surface area (Å²) in [5, 5.41) is 9.20. The van der Waals surface area contributed by atoms with Gasteiger partial charge in [0, 0.05) is 45.9 Å². The first-order chi connectivity index (χ1) is 15.8. The van der Waals surface area contributed by atoms with E-state index < -0.39 is 0 Å². The first-order valence-electron chi connectivity index (χ1n) is 10.2. The Morgan fingerprint density at radius 3 is 2.73 bits per heavy atom. The van der Waals surface area contributed by atoms with Crippen LogP contribution in [0.1, 0.15) is 27.5 Å². The van der Waals surface area contributed by atoms with Crippen molar-refractivity contribution in [3.05, 3.63) is 68.1 Å². The van der Waals surface area contributed by atoms with E-state index in [1.165, 1.54) is 27.7 Å². The van der Waals surface area contributed by atoms with Gasteiger partial charge in [-0.2, -0.15) is 0 Å². The maximum absolute atomic E-state index is 13.1. The standard InChI is InChI=1S/C23H20N4O3S3/c1-12-8-15(14(3)27(12)19-9-13(2)30-25-19)17(28)11-33-23-24-21-20(22(29)26(23)4)16(10-32-21)18-6-5-7-31-18/h5-10H,11H2,1-4H3. The second-order valence-electron chi connectivity index (χ2n) is 7.69. The van der Waals surface area contributed by atoms with E-state index in [-0.39, 0.29) is 17.1 Å². The van der Waals surface area contributed by atoms with Gasteiger partial charge in [-0.25, -0.2) is 4.98 Å². The number of rotatable bonds is 6. The molecule has 0 N–H and O–H groups in total. The number of hydrogen-bond donors (Lipinski definition) is 0. The highest BCUT2D eigenvalue weighted by molar-refractivity contribution is 7.99. The van der Waals surface area contributed by atoms with E-state index >= 15 is 0 Å². The van der Waals surface area contributed by atoms with Crippen molar-refractivity contribution in [2.75, 3.05) is 5.75 Å². The molecule has 0 saturated carbocycles. The van der Waals surface area contributed by atoms with Crippen molar-refractivity contribution in [3.8, 4) is 16.3 Å². The fourth-order valence-electron chi connectivity index (χ4n) is 3.86. The van der Waals surface area contributed by atoms with Crippen LogP contribution in [0.2, 0.25) is 0 Å². The van der Waals surface area contributed by atoms with E-state index in [0.717, 1.165) is 21.8 Å². The van der Waals surface area contributed by atoms with Crippen LogP contribution in [0.15, 0.2) is 49.5 Å². The molecule has 0 spiro atoms. The third-order valence-electron chi connectivity index (χ3n) is 5.47. The number of nitrogens with zero attached hydrogens (tertiary/aromatic N) is 4. The van der Waals surface area contributed by atoms with Crippen LogP contribution in [0.25, 0.3) is 26.5 Å². The van der Waals surface area contributed by atoms with Crippen LogP contribution in [-0.2, 0) is 7.05 Å². The van der Waals surface area contributed by atoms with Crippen LogP contribution in [0.5, 0.6) is 0 Å². The van der Waals surface area contributed by atoms with Gasteiger partial charge in [0.05, 0.1) is 11.1 Å². The molecule has 0 radical (unpaired) electrons. The summed E-state index contributed by atoms with van der Waals surface area (Å²) in [6.07, 6.45) is 0. The van der Waals surface area contributed by atoms with Crippen molar-refractivity contribution in [2.24, 2.45) is 7.05 Å². The molecule has 0 fully saturated rings. The maximum Gasteiger partial charge on any atom is 0.263 e. The zero-order chi connectivity index (χ0) is 23.3. The summed E-state index contributed by atoms with van der Waals surface area (Å²) in [5.41, 5.74) is 3.16. The number of hydrogen-bond acceptors (Lipinski definition) is 8. The molecule has 10 heteroatoms. The zero-order valence-corrected chi connectivity index (χ0v) is 20.9. The van der Waals surface area contributed by atoms with Crippen LogP contribution in [0.4, 0.5) is 0 Å². The molecule has 0 amide bonds. The fraction of sp³-hybridized carbons (Fsp3) is 0.217. The summed E-state index contributed by atoms with van der Waals surface area (Å²) in [7, 11) is 1.70. The Morgan fingerprint density at radius 1 is 1.21 bits per heavy atom. The topological polar surface area (TPSA) is 82.9 Å². The number of Topliss-reactive ketones (excluding diaryl/α,β-unsaturated/α-hetero) is 1. The molecule has 0 aliphatic rings. The summed E-state index contributed by atoms with van der Waals surface area (Å²) >= 11 is 4.33. The SMILES string of the molecule is Cc1cc(-n2c(C)cc(C(=O)CSc3nc4scc(-c5cccs5)c4c(=O)n3C)c2C)no1. The lowest BCUT2D eigenvalue weighted by Crippen LogP contribution is -2.20. The molecule has 5 rings (SSSR count). The molecule has 0 aliphatic heterocycles. The lowest BCUT2D eigenvalue weighted by Gasteiger charge is -2.08. The van der Waals surface area contributed by atoms with Gasteiger partial charge in [-0.3, -0.25) is 18.7 Å². The number of thiophene rings is 2. The minimum atomic E-state index is -0.0980. The molecular formula is C23H20N4O3S3. The van der Waals surface area contributed by atoms with E-state index in [1.54, 1.807) is 18.4 Å². The molecule has 0 aliphatic carbocycles. The van der Waals surface area contributed by atoms with Crippen LogP contribution in [0.3, 0.4) is 0 Å². The van der Waals surface area contributed by atoms with Crippen LogP contribution in [-0.4, -0.2) is 30.8 Å². The van der Waals surface area contributed by atoms with Crippen LogP contribution < -0.4 is 5.56 Å². The van der Waals surface area contributed by atoms with Gasteiger partial charge < -0.3 is 4.52 Å². The van der Waals surface area contributed by atoms with E-state index in [0.29, 0.717) is 32.5 Å². The summed E-state index contributed by atoms with van der Waals surface area (Å²) in [6.45, 7) is 5.66. The molecule has 0 aromatic carbocycles. The lowest BCUT2D eigenvalue weighted by molar-refractivity contribution is 0.102. The Labute approximate surface area is 201 Å². The quantitative estimate of drug-likeness (QED) is 0.178. The van der Waals surface area contributed by atoms with Crippen molar-refractivity contribution < 1.29 is 9.32 Å². The average Bonchev–Trinajstić information content (AvgIpc) is 3.56. The summed E-state index contributed by atoms with van der Waals surface area (Å²) in [6, 6.07) is 7.68. The third-order valence-corrected chi connectivity index (χ3v) is 8.27. The number of aryl methyl sites for hydroxylation is 2. The molecule has 0 saturated heterocycles. The monoisotopic (exact) mass is 496 g/mol. The molecule has 33 heavy (non-hydrogen) atoms. The molecule has 0 bridgehead atoms. The molecular weight excluding hydrogens is 476 g/mol. The predicted molar refractivity (Wildman–Crippen MR) is 133 cm³/mol. The molecule has 7 nitrogen and oxygen atoms in total. The Kier molecular flexibility index (Phi) is 5.59. The van der Waals surface area contributed by atoms with Crippen molar-refractivity contribution >= 4 is 50.4 Å². The molecule has 5 heterocycles. The summed E-state index contributed by atoms with van der Waals surface area (Å²) < 4.78 is 8.63. The predicted octanol–water partition coefficient (Wildman–Crippen LogP) is 5.40. The van der Waals surface area contributed by atoms with E-state index in [9.17, 15) is 9.59 Å². The van der Waals surface area contributed by atoms with E-state index in [4.69, 9.17) is 9.51 Å². The Balaban J connectivity index is 1.42. The lowest BCUT2D eigenvalue weighted by atomic mass is 10.2. The second-order valence-corrected chi connectivity index (χ2v) is 10.4. The second kappa shape index (κ2) is 8.44. The van der Waals surface area contributed by atoms with Gasteiger partial charge in [0.25, 0.3) is 5.56 Å². The van der Waals surface area contributed by atoms with Crippen molar-refractivity contribution in [1.29, 1.82) is 0 Å². The molecule has 5 aromatic heterocycles. The van der Waals surface area contributed by atoms with E-state index in [1.807, 2.05) is 60.4 Å². The van der Waals surface area contributed by atoms with Crippen molar-refractivity contribution in [3.63, 3.8) is 0 Å².